The van der Waals surface area contributed by atoms with Crippen molar-refractivity contribution >= 4 is 0 Å². The fourth-order valence-electron chi connectivity index (χ4n) is 2.07. The highest BCUT2D eigenvalue weighted by Crippen LogP contribution is 2.27. The summed E-state index contributed by atoms with van der Waals surface area (Å²) in [6, 6.07) is 0.405. The number of nitrogens with one attached hydrogen (secondary N) is 1. The second-order valence-electron chi connectivity index (χ2n) is 3.80. The number of nitrogens with zero attached hydrogens (tertiary/aromatic N) is 2. The molecule has 3 N–H and O–H groups in total. The number of H-pyrrole nitrogens is 1. The first-order valence-corrected chi connectivity index (χ1v) is 4.68. The number of hydrogen-bond acceptors (Lipinski definition) is 3. The second-order valence-corrected chi connectivity index (χ2v) is 3.80. The van der Waals surface area contributed by atoms with Crippen molar-refractivity contribution in [3.63, 3.8) is 0 Å². The van der Waals surface area contributed by atoms with Gasteiger partial charge in [0.05, 0.1) is 18.1 Å². The monoisotopic (exact) mass is 180 g/mol. The van der Waals surface area contributed by atoms with Crippen LogP contribution in [0, 0.1) is 0 Å². The smallest absolute Gasteiger partial charge is 0.0925 e. The van der Waals surface area contributed by atoms with Crippen LogP contribution in [0.3, 0.4) is 0 Å². The second kappa shape index (κ2) is 3.12. The Morgan fingerprint density at radius 1 is 1.77 bits per heavy atom. The topological polar surface area (TPSA) is 57.9 Å². The average Bonchev–Trinajstić information content (AvgIpc) is 2.50. The van der Waals surface area contributed by atoms with E-state index < -0.39 is 0 Å². The Balaban J connectivity index is 2.36. The van der Waals surface area contributed by atoms with Gasteiger partial charge in [0.15, 0.2) is 0 Å². The zero-order valence-corrected chi connectivity index (χ0v) is 8.12. The van der Waals surface area contributed by atoms with E-state index >= 15 is 0 Å². The van der Waals surface area contributed by atoms with Gasteiger partial charge in [0.2, 0.25) is 0 Å². The van der Waals surface area contributed by atoms with Crippen molar-refractivity contribution in [3.8, 4) is 0 Å². The summed E-state index contributed by atoms with van der Waals surface area (Å²) in [5, 5.41) is 0. The van der Waals surface area contributed by atoms with Crippen LogP contribution in [0.4, 0.5) is 0 Å². The molecule has 0 saturated heterocycles. The Bertz CT molecular complexity index is 292. The van der Waals surface area contributed by atoms with Gasteiger partial charge in [-0.25, -0.2) is 4.98 Å². The largest absolute Gasteiger partial charge is 0.348 e. The molecular formula is C9H16N4. The molecule has 2 atom stereocenters. The highest BCUT2D eigenvalue weighted by Gasteiger charge is 2.29. The van der Waals surface area contributed by atoms with Gasteiger partial charge in [0.25, 0.3) is 0 Å². The van der Waals surface area contributed by atoms with Crippen molar-refractivity contribution in [1.82, 2.24) is 14.9 Å². The molecule has 72 valence electrons. The van der Waals surface area contributed by atoms with Gasteiger partial charge in [-0.2, -0.15) is 0 Å². The van der Waals surface area contributed by atoms with E-state index in [1.165, 1.54) is 5.69 Å². The minimum absolute atomic E-state index is 0.132. The maximum absolute atomic E-state index is 5.94. The SMILES string of the molecule is CC(N)C1c2nc[nH]c2CCN1C. The Morgan fingerprint density at radius 3 is 3.23 bits per heavy atom. The van der Waals surface area contributed by atoms with Crippen molar-refractivity contribution in [3.05, 3.63) is 17.7 Å². The average molecular weight is 180 g/mol. The lowest BCUT2D eigenvalue weighted by atomic mass is 9.98. The fraction of sp³-hybridized carbons (Fsp3) is 0.667. The zero-order valence-electron chi connectivity index (χ0n) is 8.12. The van der Waals surface area contributed by atoms with Crippen LogP contribution in [-0.2, 0) is 6.42 Å². The van der Waals surface area contributed by atoms with E-state index in [4.69, 9.17) is 5.73 Å². The first-order valence-electron chi connectivity index (χ1n) is 4.68. The van der Waals surface area contributed by atoms with Gasteiger partial charge in [0.1, 0.15) is 0 Å². The van der Waals surface area contributed by atoms with Crippen molar-refractivity contribution in [2.75, 3.05) is 13.6 Å². The summed E-state index contributed by atoms with van der Waals surface area (Å²) in [6.45, 7) is 3.09. The van der Waals surface area contributed by atoms with Crippen LogP contribution in [-0.4, -0.2) is 34.5 Å². The van der Waals surface area contributed by atoms with Crippen LogP contribution in [0.5, 0.6) is 0 Å². The van der Waals surface area contributed by atoms with Crippen LogP contribution in [0.2, 0.25) is 0 Å². The van der Waals surface area contributed by atoms with E-state index in [0.717, 1.165) is 18.7 Å². The lowest BCUT2D eigenvalue weighted by Gasteiger charge is -2.34. The predicted octanol–water partition coefficient (Wildman–Crippen LogP) is 0.286. The van der Waals surface area contributed by atoms with Crippen molar-refractivity contribution in [2.45, 2.75) is 25.4 Å². The Morgan fingerprint density at radius 2 is 2.54 bits per heavy atom. The summed E-state index contributed by atoms with van der Waals surface area (Å²) in [6.07, 6.45) is 2.81. The molecule has 13 heavy (non-hydrogen) atoms. The molecular weight excluding hydrogens is 164 g/mol. The number of fused-ring (bicyclic) bond motifs is 1. The summed E-state index contributed by atoms with van der Waals surface area (Å²) in [7, 11) is 2.10. The standard InChI is InChI=1S/C9H16N4/c1-6(10)9-8-7(11-5-12-8)3-4-13(9)2/h5-6,9H,3-4,10H2,1-2H3,(H,11,12). The quantitative estimate of drug-likeness (QED) is 0.653. The molecule has 0 spiro atoms. The molecule has 0 amide bonds. The Labute approximate surface area is 78.1 Å². The molecule has 2 unspecified atom stereocenters. The number of aromatic nitrogens is 2. The highest BCUT2D eigenvalue weighted by molar-refractivity contribution is 5.20. The number of likely N-dealkylation sites (N-methyl/N-ethyl adjacent to an activating group) is 1. The Kier molecular flexibility index (Phi) is 2.09. The summed E-state index contributed by atoms with van der Waals surface area (Å²) in [4.78, 5) is 9.77. The first kappa shape index (κ1) is 8.72. The highest BCUT2D eigenvalue weighted by atomic mass is 15.2. The van der Waals surface area contributed by atoms with E-state index in [2.05, 4.69) is 21.9 Å². The lowest BCUT2D eigenvalue weighted by Crippen LogP contribution is -2.41. The van der Waals surface area contributed by atoms with Crippen LogP contribution in [0.1, 0.15) is 24.4 Å². The molecule has 0 aliphatic carbocycles. The van der Waals surface area contributed by atoms with Gasteiger partial charge in [-0.15, -0.1) is 0 Å². The van der Waals surface area contributed by atoms with Gasteiger partial charge in [-0.3, -0.25) is 4.90 Å². The predicted molar refractivity (Wildman–Crippen MR) is 51.3 cm³/mol. The van der Waals surface area contributed by atoms with Crippen LogP contribution in [0.15, 0.2) is 6.33 Å². The number of aromatic amines is 1. The molecule has 1 aliphatic heterocycles. The third-order valence-electron chi connectivity index (χ3n) is 2.72. The zero-order chi connectivity index (χ0) is 9.42. The lowest BCUT2D eigenvalue weighted by molar-refractivity contribution is 0.201. The normalized spacial score (nSPS) is 25.6. The summed E-state index contributed by atoms with van der Waals surface area (Å²) >= 11 is 0. The van der Waals surface area contributed by atoms with Gasteiger partial charge in [-0.1, -0.05) is 0 Å². The molecule has 0 aromatic carbocycles. The molecule has 2 heterocycles. The van der Waals surface area contributed by atoms with E-state index in [1.54, 1.807) is 6.33 Å². The molecule has 4 nitrogen and oxygen atoms in total. The summed E-state index contributed by atoms with van der Waals surface area (Å²) in [5.74, 6) is 0. The minimum Gasteiger partial charge on any atom is -0.348 e. The maximum Gasteiger partial charge on any atom is 0.0925 e. The van der Waals surface area contributed by atoms with Crippen LogP contribution in [0.25, 0.3) is 0 Å². The van der Waals surface area contributed by atoms with Crippen molar-refractivity contribution in [2.24, 2.45) is 5.73 Å². The van der Waals surface area contributed by atoms with E-state index in [9.17, 15) is 0 Å². The molecule has 1 aromatic rings. The molecule has 0 bridgehead atoms. The van der Waals surface area contributed by atoms with Crippen molar-refractivity contribution < 1.29 is 0 Å². The minimum atomic E-state index is 0.132. The van der Waals surface area contributed by atoms with Crippen LogP contribution < -0.4 is 5.73 Å². The van der Waals surface area contributed by atoms with E-state index in [1.807, 2.05) is 6.92 Å². The number of hydrogen-bond donors (Lipinski definition) is 2. The van der Waals surface area contributed by atoms with E-state index in [-0.39, 0.29) is 12.1 Å². The molecule has 2 rings (SSSR count). The Hall–Kier alpha value is -0.870. The van der Waals surface area contributed by atoms with Gasteiger partial charge >= 0.3 is 0 Å². The molecule has 0 saturated carbocycles. The van der Waals surface area contributed by atoms with Gasteiger partial charge in [0, 0.05) is 24.7 Å². The third-order valence-corrected chi connectivity index (χ3v) is 2.72. The van der Waals surface area contributed by atoms with Gasteiger partial charge < -0.3 is 10.7 Å². The molecule has 1 aliphatic rings. The fourth-order valence-corrected chi connectivity index (χ4v) is 2.07. The third kappa shape index (κ3) is 1.36. The molecule has 1 aromatic heterocycles. The van der Waals surface area contributed by atoms with Gasteiger partial charge in [-0.05, 0) is 14.0 Å². The first-order chi connectivity index (χ1) is 6.20. The maximum atomic E-state index is 5.94. The molecule has 0 fully saturated rings. The van der Waals surface area contributed by atoms with Crippen LogP contribution >= 0.6 is 0 Å². The molecule has 4 heteroatoms. The number of imidazole rings is 1. The van der Waals surface area contributed by atoms with Crippen molar-refractivity contribution in [1.29, 1.82) is 0 Å². The van der Waals surface area contributed by atoms with E-state index in [0.29, 0.717) is 0 Å². The summed E-state index contributed by atoms with van der Waals surface area (Å²) < 4.78 is 0. The molecule has 0 radical (unpaired) electrons. The number of rotatable bonds is 1. The summed E-state index contributed by atoms with van der Waals surface area (Å²) in [5.41, 5.74) is 8.31. The number of nitrogens with two attached hydrogens (primary N) is 1.